The quantitative estimate of drug-likeness (QED) is 0.752. The molecule has 1 aromatic carbocycles. The largest absolute Gasteiger partial charge is 0.342 e. The number of likely N-dealkylation sites (tertiary alicyclic amines) is 1. The minimum Gasteiger partial charge on any atom is -0.342 e. The molecule has 3 rings (SSSR count). The fourth-order valence-corrected chi connectivity index (χ4v) is 5.44. The highest BCUT2D eigenvalue weighted by molar-refractivity contribution is 7.89. The van der Waals surface area contributed by atoms with Crippen LogP contribution in [0.4, 0.5) is 9.18 Å². The van der Waals surface area contributed by atoms with Crippen molar-refractivity contribution in [3.05, 3.63) is 30.1 Å². The number of nitrogens with one attached hydrogen (secondary N) is 1. The number of piperidine rings is 1. The van der Waals surface area contributed by atoms with Gasteiger partial charge in [-0.3, -0.25) is 4.79 Å². The van der Waals surface area contributed by atoms with Crippen molar-refractivity contribution >= 4 is 22.0 Å². The molecule has 0 aliphatic carbocycles. The summed E-state index contributed by atoms with van der Waals surface area (Å²) in [6.45, 7) is 6.28. The molecule has 31 heavy (non-hydrogen) atoms. The fraction of sp³-hybridized carbons (Fsp3) is 0.619. The number of urea groups is 1. The number of carbonyl (C=O) groups is 2. The van der Waals surface area contributed by atoms with E-state index in [-0.39, 0.29) is 41.9 Å². The lowest BCUT2D eigenvalue weighted by Crippen LogP contribution is -2.51. The summed E-state index contributed by atoms with van der Waals surface area (Å²) in [5, 5.41) is 3.04. The van der Waals surface area contributed by atoms with Crippen LogP contribution in [-0.2, 0) is 14.8 Å². The molecule has 1 aromatic rings. The number of rotatable bonds is 4. The van der Waals surface area contributed by atoms with E-state index in [1.54, 1.807) is 4.90 Å². The van der Waals surface area contributed by atoms with E-state index in [4.69, 9.17) is 0 Å². The Labute approximate surface area is 183 Å². The lowest BCUT2D eigenvalue weighted by atomic mass is 10.0. The van der Waals surface area contributed by atoms with Gasteiger partial charge in [-0.05, 0) is 43.5 Å². The van der Waals surface area contributed by atoms with Gasteiger partial charge in [0, 0.05) is 51.2 Å². The Morgan fingerprint density at radius 2 is 1.61 bits per heavy atom. The third-order valence-corrected chi connectivity index (χ3v) is 7.73. The second kappa shape index (κ2) is 9.95. The van der Waals surface area contributed by atoms with Gasteiger partial charge in [-0.1, -0.05) is 13.8 Å². The van der Waals surface area contributed by atoms with Crippen LogP contribution in [0.25, 0.3) is 0 Å². The summed E-state index contributed by atoms with van der Waals surface area (Å²) in [5.41, 5.74) is 0. The van der Waals surface area contributed by atoms with Crippen LogP contribution in [0, 0.1) is 11.7 Å². The fourth-order valence-electron chi connectivity index (χ4n) is 3.97. The van der Waals surface area contributed by atoms with E-state index in [1.165, 1.54) is 16.4 Å². The smallest absolute Gasteiger partial charge is 0.317 e. The van der Waals surface area contributed by atoms with Crippen molar-refractivity contribution < 1.29 is 22.4 Å². The maximum atomic E-state index is 13.1. The van der Waals surface area contributed by atoms with Gasteiger partial charge in [0.25, 0.3) is 0 Å². The van der Waals surface area contributed by atoms with Crippen LogP contribution in [0.1, 0.15) is 33.1 Å². The highest BCUT2D eigenvalue weighted by atomic mass is 32.2. The third kappa shape index (κ3) is 5.74. The van der Waals surface area contributed by atoms with Crippen LogP contribution in [-0.4, -0.2) is 79.8 Å². The molecule has 0 spiro atoms. The normalized spacial score (nSPS) is 19.4. The Bertz CT molecular complexity index is 883. The molecule has 0 radical (unpaired) electrons. The van der Waals surface area contributed by atoms with Crippen LogP contribution < -0.4 is 5.32 Å². The summed E-state index contributed by atoms with van der Waals surface area (Å²) in [6, 6.07) is 4.59. The molecule has 10 heteroatoms. The zero-order valence-corrected chi connectivity index (χ0v) is 18.9. The van der Waals surface area contributed by atoms with Crippen molar-refractivity contribution in [2.24, 2.45) is 5.92 Å². The molecule has 0 unspecified atom stereocenters. The first-order valence-electron chi connectivity index (χ1n) is 10.8. The minimum atomic E-state index is -3.73. The SMILES string of the molecule is CC(C)C(=O)N1CCC(NC(=O)N2CCCN(S(=O)(=O)c3ccc(F)cc3)CC2)CC1. The lowest BCUT2D eigenvalue weighted by Gasteiger charge is -2.34. The molecular formula is C21H31FN4O4S. The van der Waals surface area contributed by atoms with Crippen molar-refractivity contribution in [3.63, 3.8) is 0 Å². The van der Waals surface area contributed by atoms with Gasteiger partial charge in [0.15, 0.2) is 0 Å². The molecule has 0 aromatic heterocycles. The molecule has 0 bridgehead atoms. The number of hydrogen-bond donors (Lipinski definition) is 1. The molecular weight excluding hydrogens is 423 g/mol. The van der Waals surface area contributed by atoms with Crippen LogP contribution in [0.3, 0.4) is 0 Å². The van der Waals surface area contributed by atoms with Gasteiger partial charge >= 0.3 is 6.03 Å². The molecule has 8 nitrogen and oxygen atoms in total. The van der Waals surface area contributed by atoms with Crippen molar-refractivity contribution in [1.82, 2.24) is 19.4 Å². The van der Waals surface area contributed by atoms with Crippen LogP contribution in [0.5, 0.6) is 0 Å². The first-order chi connectivity index (χ1) is 14.7. The molecule has 2 fully saturated rings. The summed E-state index contributed by atoms with van der Waals surface area (Å²) >= 11 is 0. The van der Waals surface area contributed by atoms with Crippen molar-refractivity contribution in [2.45, 2.75) is 44.0 Å². The highest BCUT2D eigenvalue weighted by Crippen LogP contribution is 2.19. The van der Waals surface area contributed by atoms with E-state index < -0.39 is 15.8 Å². The van der Waals surface area contributed by atoms with Crippen molar-refractivity contribution in [3.8, 4) is 0 Å². The Hall–Kier alpha value is -2.20. The summed E-state index contributed by atoms with van der Waals surface area (Å²) in [4.78, 5) is 28.4. The summed E-state index contributed by atoms with van der Waals surface area (Å²) in [6.07, 6.45) is 1.95. The number of nitrogens with zero attached hydrogens (tertiary/aromatic N) is 3. The number of carbonyl (C=O) groups excluding carboxylic acids is 2. The van der Waals surface area contributed by atoms with Gasteiger partial charge < -0.3 is 15.1 Å². The Kier molecular flexibility index (Phi) is 7.53. The van der Waals surface area contributed by atoms with Gasteiger partial charge in [-0.25, -0.2) is 17.6 Å². The van der Waals surface area contributed by atoms with E-state index in [9.17, 15) is 22.4 Å². The Balaban J connectivity index is 1.52. The summed E-state index contributed by atoms with van der Waals surface area (Å²) in [5.74, 6) is -0.380. The maximum Gasteiger partial charge on any atom is 0.317 e. The number of benzene rings is 1. The van der Waals surface area contributed by atoms with E-state index >= 15 is 0 Å². The maximum absolute atomic E-state index is 13.1. The van der Waals surface area contributed by atoms with Gasteiger partial charge in [0.05, 0.1) is 4.90 Å². The van der Waals surface area contributed by atoms with Gasteiger partial charge in [-0.15, -0.1) is 0 Å². The van der Waals surface area contributed by atoms with E-state index in [2.05, 4.69) is 5.32 Å². The van der Waals surface area contributed by atoms with E-state index in [0.29, 0.717) is 45.4 Å². The molecule has 2 heterocycles. The predicted octanol–water partition coefficient (Wildman–Crippen LogP) is 1.88. The monoisotopic (exact) mass is 454 g/mol. The summed E-state index contributed by atoms with van der Waals surface area (Å²) < 4.78 is 40.1. The van der Waals surface area contributed by atoms with Gasteiger partial charge in [-0.2, -0.15) is 4.31 Å². The van der Waals surface area contributed by atoms with Crippen LogP contribution in [0.15, 0.2) is 29.2 Å². The van der Waals surface area contributed by atoms with Crippen LogP contribution >= 0.6 is 0 Å². The first-order valence-corrected chi connectivity index (χ1v) is 12.2. The topological polar surface area (TPSA) is 90.0 Å². The molecule has 1 N–H and O–H groups in total. The average molecular weight is 455 g/mol. The van der Waals surface area contributed by atoms with Crippen LogP contribution in [0.2, 0.25) is 0 Å². The highest BCUT2D eigenvalue weighted by Gasteiger charge is 2.30. The molecule has 0 saturated carbocycles. The molecule has 172 valence electrons. The molecule has 2 aliphatic heterocycles. The van der Waals surface area contributed by atoms with Crippen molar-refractivity contribution in [1.29, 1.82) is 0 Å². The number of amides is 3. The number of halogens is 1. The van der Waals surface area contributed by atoms with Crippen molar-refractivity contribution in [2.75, 3.05) is 39.3 Å². The van der Waals surface area contributed by atoms with Gasteiger partial charge in [0.2, 0.25) is 15.9 Å². The zero-order valence-electron chi connectivity index (χ0n) is 18.1. The Morgan fingerprint density at radius 1 is 0.968 bits per heavy atom. The van der Waals surface area contributed by atoms with Gasteiger partial charge in [0.1, 0.15) is 5.82 Å². The first kappa shape index (κ1) is 23.5. The van der Waals surface area contributed by atoms with E-state index in [0.717, 1.165) is 12.1 Å². The molecule has 2 saturated heterocycles. The average Bonchev–Trinajstić information content (AvgIpc) is 3.01. The number of hydrogen-bond acceptors (Lipinski definition) is 4. The van der Waals surface area contributed by atoms with E-state index in [1.807, 2.05) is 18.7 Å². The summed E-state index contributed by atoms with van der Waals surface area (Å²) in [7, 11) is -3.73. The molecule has 2 aliphatic rings. The Morgan fingerprint density at radius 3 is 2.23 bits per heavy atom. The lowest BCUT2D eigenvalue weighted by molar-refractivity contribution is -0.135. The standard InChI is InChI=1S/C21H31FN4O4S/c1-16(2)20(27)24-12-8-18(9-13-24)23-21(28)25-10-3-11-26(15-14-25)31(29,30)19-6-4-17(22)5-7-19/h4-7,16,18H,3,8-15H2,1-2H3,(H,23,28). The molecule has 3 amide bonds. The number of sulfonamides is 1. The second-order valence-corrected chi connectivity index (χ2v) is 10.3. The third-order valence-electron chi connectivity index (χ3n) is 5.82. The second-order valence-electron chi connectivity index (χ2n) is 8.40. The zero-order chi connectivity index (χ0) is 22.6. The molecule has 0 atom stereocenters. The minimum absolute atomic E-state index is 0.00557. The predicted molar refractivity (Wildman–Crippen MR) is 114 cm³/mol.